The van der Waals surface area contributed by atoms with E-state index in [-0.39, 0.29) is 16.7 Å². The lowest BCUT2D eigenvalue weighted by atomic mass is 9.76. The Balaban J connectivity index is 1.51. The normalized spacial score (nSPS) is 13.0. The van der Waals surface area contributed by atoms with E-state index in [4.69, 9.17) is 4.74 Å². The van der Waals surface area contributed by atoms with Gasteiger partial charge in [0.15, 0.2) is 11.6 Å². The molecule has 0 aliphatic heterocycles. The number of rotatable bonds is 8. The molecule has 5 rings (SSSR count). The number of H-pyrrole nitrogens is 1. The van der Waals surface area contributed by atoms with Gasteiger partial charge in [-0.05, 0) is 56.5 Å². The fourth-order valence-corrected chi connectivity index (χ4v) is 5.29. The number of benzene rings is 3. The molecule has 1 N–H and O–H groups in total. The van der Waals surface area contributed by atoms with E-state index in [9.17, 15) is 8.78 Å². The maximum Gasteiger partial charge on any atom is 0.168 e. The summed E-state index contributed by atoms with van der Waals surface area (Å²) in [4.78, 5) is 7.86. The number of fused-ring (bicyclic) bond motifs is 1. The van der Waals surface area contributed by atoms with Crippen LogP contribution in [0.4, 0.5) is 8.78 Å². The largest absolute Gasteiger partial charge is 0.454 e. The van der Waals surface area contributed by atoms with E-state index in [0.717, 1.165) is 35.0 Å². The fraction of sp³-hybridized carbons (Fsp3) is 0.167. The molecule has 4 nitrogen and oxygen atoms in total. The number of hydrogen-bond acceptors (Lipinski definition) is 2. The maximum atomic E-state index is 15.0. The van der Waals surface area contributed by atoms with Gasteiger partial charge in [0.05, 0.1) is 33.9 Å². The molecule has 2 aromatic heterocycles. The zero-order chi connectivity index (χ0) is 26.2. The number of nitrogens with one attached hydrogen (secondary N) is 1. The molecule has 0 aliphatic rings. The molecule has 0 amide bonds. The minimum atomic E-state index is -0.478. The summed E-state index contributed by atoms with van der Waals surface area (Å²) in [6, 6.07) is 17.9. The molecule has 7 heteroatoms. The third-order valence-corrected chi connectivity index (χ3v) is 7.79. The molecule has 0 saturated carbocycles. The molecule has 188 valence electrons. The highest BCUT2D eigenvalue weighted by molar-refractivity contribution is 14.1. The van der Waals surface area contributed by atoms with Crippen LogP contribution in [-0.4, -0.2) is 12.7 Å². The van der Waals surface area contributed by atoms with Crippen molar-refractivity contribution >= 4 is 33.8 Å². The zero-order valence-electron chi connectivity index (χ0n) is 20.6. The molecule has 0 radical (unpaired) electrons. The van der Waals surface area contributed by atoms with Gasteiger partial charge in [0.25, 0.3) is 0 Å². The second-order valence-electron chi connectivity index (χ2n) is 9.29. The first kappa shape index (κ1) is 25.2. The van der Waals surface area contributed by atoms with E-state index in [1.807, 2.05) is 46.2 Å². The monoisotopic (exact) mass is 609 g/mol. The second-order valence-corrected chi connectivity index (χ2v) is 10.3. The van der Waals surface area contributed by atoms with Crippen molar-refractivity contribution in [3.8, 4) is 22.9 Å². The summed E-state index contributed by atoms with van der Waals surface area (Å²) < 4.78 is 37.8. The SMILES string of the molecule is C=CCCC(C)(c1ccccc1)c1cnc(-c2cc(Oc3c(F)cc4c(ccn4I)c3C)ccc2F)[nH]1. The average Bonchev–Trinajstić information content (AvgIpc) is 3.54. The fourth-order valence-electron chi connectivity index (χ4n) is 4.73. The number of allylic oxidation sites excluding steroid dienone is 1. The molecular weight excluding hydrogens is 583 g/mol. The molecule has 0 saturated heterocycles. The number of ether oxygens (including phenoxy) is 1. The molecule has 2 heterocycles. The Bertz CT molecular complexity index is 1590. The Hall–Kier alpha value is -3.46. The molecule has 3 aromatic carbocycles. The average molecular weight is 609 g/mol. The van der Waals surface area contributed by atoms with Gasteiger partial charge in [-0.25, -0.2) is 13.8 Å². The zero-order valence-corrected chi connectivity index (χ0v) is 22.7. The number of nitrogens with zero attached hydrogens (tertiary/aromatic N) is 2. The Morgan fingerprint density at radius 1 is 1.11 bits per heavy atom. The van der Waals surface area contributed by atoms with E-state index >= 15 is 0 Å². The first-order chi connectivity index (χ1) is 17.8. The van der Waals surface area contributed by atoms with Crippen molar-refractivity contribution in [2.75, 3.05) is 0 Å². The van der Waals surface area contributed by atoms with Gasteiger partial charge in [0.1, 0.15) is 17.4 Å². The van der Waals surface area contributed by atoms with Crippen LogP contribution in [0.2, 0.25) is 0 Å². The molecule has 0 aliphatic carbocycles. The van der Waals surface area contributed by atoms with Gasteiger partial charge in [-0.2, -0.15) is 0 Å². The van der Waals surface area contributed by atoms with Crippen molar-refractivity contribution in [2.45, 2.75) is 32.1 Å². The molecule has 0 bridgehead atoms. The summed E-state index contributed by atoms with van der Waals surface area (Å²) in [7, 11) is 0. The Morgan fingerprint density at radius 3 is 2.65 bits per heavy atom. The predicted octanol–water partition coefficient (Wildman–Crippen LogP) is 8.88. The number of aryl methyl sites for hydroxylation is 1. The van der Waals surface area contributed by atoms with Crippen LogP contribution in [-0.2, 0) is 5.41 Å². The van der Waals surface area contributed by atoms with Crippen molar-refractivity contribution < 1.29 is 13.5 Å². The summed E-state index contributed by atoms with van der Waals surface area (Å²) >= 11 is 2.11. The summed E-state index contributed by atoms with van der Waals surface area (Å²) in [5, 5.41) is 0.892. The maximum absolute atomic E-state index is 15.0. The van der Waals surface area contributed by atoms with Gasteiger partial charge in [0, 0.05) is 40.5 Å². The number of aromatic amines is 1. The van der Waals surface area contributed by atoms with Crippen LogP contribution < -0.4 is 4.74 Å². The minimum absolute atomic E-state index is 0.119. The van der Waals surface area contributed by atoms with E-state index in [2.05, 4.69) is 58.5 Å². The van der Waals surface area contributed by atoms with E-state index < -0.39 is 11.6 Å². The van der Waals surface area contributed by atoms with Gasteiger partial charge in [0.2, 0.25) is 0 Å². The lowest BCUT2D eigenvalue weighted by Crippen LogP contribution is -2.24. The van der Waals surface area contributed by atoms with Crippen LogP contribution in [0.15, 0.2) is 85.7 Å². The smallest absolute Gasteiger partial charge is 0.168 e. The summed E-state index contributed by atoms with van der Waals surface area (Å²) in [6.45, 7) is 7.83. The van der Waals surface area contributed by atoms with Crippen LogP contribution in [0.25, 0.3) is 22.3 Å². The van der Waals surface area contributed by atoms with Crippen molar-refractivity contribution in [3.05, 3.63) is 114 Å². The predicted molar refractivity (Wildman–Crippen MR) is 152 cm³/mol. The number of imidazole rings is 1. The van der Waals surface area contributed by atoms with Crippen molar-refractivity contribution in [1.29, 1.82) is 0 Å². The lowest BCUT2D eigenvalue weighted by Gasteiger charge is -2.29. The molecule has 5 aromatic rings. The molecule has 0 fully saturated rings. The lowest BCUT2D eigenvalue weighted by molar-refractivity contribution is 0.439. The summed E-state index contributed by atoms with van der Waals surface area (Å²) in [5.74, 6) is -0.103. The molecular formula is C30H26F2IN3O. The minimum Gasteiger partial charge on any atom is -0.454 e. The van der Waals surface area contributed by atoms with Crippen LogP contribution >= 0.6 is 22.9 Å². The van der Waals surface area contributed by atoms with Crippen LogP contribution in [0, 0.1) is 18.6 Å². The standard InChI is InChI=1S/C30H26F2IN3O/c1-4-5-14-30(3,20-9-7-6-8-10-20)27-18-34-29(35-27)23-16-21(11-12-24(23)31)37-28-19(2)22-13-15-36(33)26(22)17-25(28)32/h4,6-13,15-18H,1,5,14H2,2-3H3,(H,34,35). The Morgan fingerprint density at radius 2 is 1.89 bits per heavy atom. The van der Waals surface area contributed by atoms with Gasteiger partial charge in [-0.1, -0.05) is 36.4 Å². The van der Waals surface area contributed by atoms with E-state index in [1.54, 1.807) is 12.3 Å². The van der Waals surface area contributed by atoms with Crippen molar-refractivity contribution in [2.24, 2.45) is 0 Å². The first-order valence-corrected chi connectivity index (χ1v) is 12.9. The summed E-state index contributed by atoms with van der Waals surface area (Å²) in [6.07, 6.45) is 7.14. The van der Waals surface area contributed by atoms with Gasteiger partial charge in [-0.3, -0.25) is 2.78 Å². The third-order valence-electron chi connectivity index (χ3n) is 6.95. The third kappa shape index (κ3) is 4.68. The Kier molecular flexibility index (Phi) is 6.90. The highest BCUT2D eigenvalue weighted by atomic mass is 127. The van der Waals surface area contributed by atoms with Gasteiger partial charge in [-0.15, -0.1) is 6.58 Å². The topological polar surface area (TPSA) is 42.8 Å². The van der Waals surface area contributed by atoms with Crippen molar-refractivity contribution in [3.63, 3.8) is 0 Å². The number of halogens is 3. The molecule has 1 unspecified atom stereocenters. The summed E-state index contributed by atoms with van der Waals surface area (Å²) in [5.41, 5.74) is 3.33. The molecule has 0 spiro atoms. The van der Waals surface area contributed by atoms with Gasteiger partial charge < -0.3 is 9.72 Å². The van der Waals surface area contributed by atoms with Crippen LogP contribution in [0.1, 0.15) is 36.6 Å². The molecule has 37 heavy (non-hydrogen) atoms. The first-order valence-electron chi connectivity index (χ1n) is 12.0. The quantitative estimate of drug-likeness (QED) is 0.141. The Labute approximate surface area is 228 Å². The van der Waals surface area contributed by atoms with Crippen LogP contribution in [0.3, 0.4) is 0 Å². The van der Waals surface area contributed by atoms with Gasteiger partial charge >= 0.3 is 0 Å². The molecule has 1 atom stereocenters. The number of hydrogen-bond donors (Lipinski definition) is 1. The van der Waals surface area contributed by atoms with Crippen molar-refractivity contribution in [1.82, 2.24) is 12.7 Å². The highest BCUT2D eigenvalue weighted by Gasteiger charge is 2.30. The van der Waals surface area contributed by atoms with E-state index in [0.29, 0.717) is 17.1 Å². The highest BCUT2D eigenvalue weighted by Crippen LogP contribution is 2.39. The van der Waals surface area contributed by atoms with E-state index in [1.165, 1.54) is 18.2 Å². The number of aromatic nitrogens is 3. The van der Waals surface area contributed by atoms with Crippen LogP contribution in [0.5, 0.6) is 11.5 Å². The second kappa shape index (κ2) is 10.1.